The number of carbonyl (C=O) groups excluding carboxylic acids is 1. The van der Waals surface area contributed by atoms with E-state index in [9.17, 15) is 9.59 Å². The van der Waals surface area contributed by atoms with E-state index in [1.165, 1.54) is 27.8 Å². The summed E-state index contributed by atoms with van der Waals surface area (Å²) in [4.78, 5) is 33.7. The van der Waals surface area contributed by atoms with Crippen molar-refractivity contribution in [1.82, 2.24) is 14.9 Å². The maximum Gasteiger partial charge on any atom is 0.287 e. The zero-order valence-corrected chi connectivity index (χ0v) is 23.4. The fraction of sp³-hybridized carbons (Fsp3) is 0.258. The number of benzene rings is 2. The van der Waals surface area contributed by atoms with Crippen LogP contribution in [0.4, 0.5) is 0 Å². The lowest BCUT2D eigenvalue weighted by molar-refractivity contribution is 0.0925. The molecule has 0 bridgehead atoms. The predicted octanol–water partition coefficient (Wildman–Crippen LogP) is 6.49. The predicted molar refractivity (Wildman–Crippen MR) is 157 cm³/mol. The Balaban J connectivity index is 1.24. The van der Waals surface area contributed by atoms with Gasteiger partial charge < -0.3 is 9.73 Å². The molecule has 1 amide bonds. The number of fused-ring (bicyclic) bond motifs is 3. The van der Waals surface area contributed by atoms with Crippen LogP contribution in [-0.2, 0) is 25.0 Å². The molecule has 5 aromatic rings. The highest BCUT2D eigenvalue weighted by Crippen LogP contribution is 2.36. The Morgan fingerprint density at radius 1 is 1.05 bits per heavy atom. The Bertz CT molecular complexity index is 1700. The third kappa shape index (κ3) is 5.31. The molecule has 3 aromatic heterocycles. The topological polar surface area (TPSA) is 77.1 Å². The number of amides is 1. The van der Waals surface area contributed by atoms with E-state index < -0.39 is 0 Å². The number of thiophene rings is 1. The van der Waals surface area contributed by atoms with E-state index in [2.05, 4.69) is 5.32 Å². The van der Waals surface area contributed by atoms with Crippen LogP contribution in [0.15, 0.2) is 81.1 Å². The second-order valence-corrected chi connectivity index (χ2v) is 11.8. The van der Waals surface area contributed by atoms with Crippen molar-refractivity contribution in [2.45, 2.75) is 49.9 Å². The summed E-state index contributed by atoms with van der Waals surface area (Å²) < 4.78 is 7.63. The van der Waals surface area contributed by atoms with Gasteiger partial charge in [0.05, 0.1) is 16.8 Å². The fourth-order valence-corrected chi connectivity index (χ4v) is 7.28. The van der Waals surface area contributed by atoms with E-state index in [-0.39, 0.29) is 17.2 Å². The van der Waals surface area contributed by atoms with Gasteiger partial charge in [-0.15, -0.1) is 11.3 Å². The van der Waals surface area contributed by atoms with Crippen LogP contribution in [0.1, 0.15) is 50.7 Å². The van der Waals surface area contributed by atoms with Gasteiger partial charge >= 0.3 is 0 Å². The van der Waals surface area contributed by atoms with Gasteiger partial charge in [-0.25, -0.2) is 4.98 Å². The standard InChI is InChI=1S/C31H29N3O3S2/c1-20-9-5-7-13-24(20)34-30(36)27-23-12-6-8-14-26(23)39-29(27)33-31(34)38-19-22-15-16-25(37-22)28(35)32-18-17-21-10-3-2-4-11-21/h2-5,7,9-11,13,15-16H,6,8,12,14,17-19H2,1H3,(H,32,35). The number of nitrogens with zero attached hydrogens (tertiary/aromatic N) is 2. The first-order valence-electron chi connectivity index (χ1n) is 13.3. The summed E-state index contributed by atoms with van der Waals surface area (Å²) in [5.74, 6) is 1.16. The van der Waals surface area contributed by atoms with Gasteiger partial charge in [0.1, 0.15) is 10.6 Å². The third-order valence-corrected chi connectivity index (χ3v) is 9.23. The first kappa shape index (κ1) is 25.6. The first-order valence-corrected chi connectivity index (χ1v) is 15.1. The maximum atomic E-state index is 14.0. The number of hydrogen-bond donors (Lipinski definition) is 1. The second kappa shape index (κ2) is 11.2. The summed E-state index contributed by atoms with van der Waals surface area (Å²) in [6.07, 6.45) is 4.99. The summed E-state index contributed by atoms with van der Waals surface area (Å²) in [6.45, 7) is 2.55. The van der Waals surface area contributed by atoms with Crippen molar-refractivity contribution in [2.24, 2.45) is 0 Å². The van der Waals surface area contributed by atoms with Crippen LogP contribution in [0.2, 0.25) is 0 Å². The number of furan rings is 1. The van der Waals surface area contributed by atoms with Crippen LogP contribution in [0.25, 0.3) is 15.9 Å². The maximum absolute atomic E-state index is 14.0. The van der Waals surface area contributed by atoms with Crippen LogP contribution >= 0.6 is 23.1 Å². The Morgan fingerprint density at radius 3 is 2.69 bits per heavy atom. The first-order chi connectivity index (χ1) is 19.1. The van der Waals surface area contributed by atoms with Crippen molar-refractivity contribution < 1.29 is 9.21 Å². The van der Waals surface area contributed by atoms with Gasteiger partial charge in [-0.1, -0.05) is 60.3 Å². The van der Waals surface area contributed by atoms with Gasteiger partial charge in [0.2, 0.25) is 0 Å². The largest absolute Gasteiger partial charge is 0.455 e. The van der Waals surface area contributed by atoms with Crippen LogP contribution in [0.3, 0.4) is 0 Å². The molecule has 3 heterocycles. The highest BCUT2D eigenvalue weighted by molar-refractivity contribution is 7.98. The van der Waals surface area contributed by atoms with Gasteiger partial charge in [-0.05, 0) is 73.9 Å². The molecule has 0 aliphatic heterocycles. The molecule has 39 heavy (non-hydrogen) atoms. The van der Waals surface area contributed by atoms with E-state index >= 15 is 0 Å². The number of carbonyl (C=O) groups is 1. The third-order valence-electron chi connectivity index (χ3n) is 7.09. The van der Waals surface area contributed by atoms with Crippen molar-refractivity contribution in [3.8, 4) is 5.69 Å². The molecule has 0 fully saturated rings. The summed E-state index contributed by atoms with van der Waals surface area (Å²) in [7, 11) is 0. The molecule has 0 saturated heterocycles. The zero-order valence-electron chi connectivity index (χ0n) is 21.7. The van der Waals surface area contributed by atoms with Gasteiger partial charge in [0.25, 0.3) is 11.5 Å². The molecule has 8 heteroatoms. The molecule has 1 aliphatic carbocycles. The Labute approximate surface area is 235 Å². The zero-order chi connectivity index (χ0) is 26.8. The number of aromatic nitrogens is 2. The van der Waals surface area contributed by atoms with Crippen molar-refractivity contribution in [3.63, 3.8) is 0 Å². The number of rotatable bonds is 8. The molecule has 0 saturated carbocycles. The van der Waals surface area contributed by atoms with Crippen LogP contribution in [-0.4, -0.2) is 22.0 Å². The minimum Gasteiger partial charge on any atom is -0.455 e. The molecule has 2 aromatic carbocycles. The van der Waals surface area contributed by atoms with Crippen LogP contribution in [0, 0.1) is 6.92 Å². The highest BCUT2D eigenvalue weighted by atomic mass is 32.2. The number of nitrogens with one attached hydrogen (secondary N) is 1. The summed E-state index contributed by atoms with van der Waals surface area (Å²) in [5.41, 5.74) is 4.21. The number of thioether (sulfide) groups is 1. The Morgan fingerprint density at radius 2 is 1.85 bits per heavy atom. The monoisotopic (exact) mass is 555 g/mol. The van der Waals surface area contributed by atoms with Crippen molar-refractivity contribution in [3.05, 3.63) is 110 Å². The van der Waals surface area contributed by atoms with Crippen molar-refractivity contribution >= 4 is 39.2 Å². The molecule has 198 valence electrons. The van der Waals surface area contributed by atoms with Crippen LogP contribution < -0.4 is 10.9 Å². The van der Waals surface area contributed by atoms with E-state index in [0.717, 1.165) is 53.6 Å². The van der Waals surface area contributed by atoms with Gasteiger partial charge in [0, 0.05) is 11.4 Å². The molecule has 0 unspecified atom stereocenters. The average molecular weight is 556 g/mol. The number of para-hydroxylation sites is 1. The summed E-state index contributed by atoms with van der Waals surface area (Å²) in [6, 6.07) is 21.5. The Kier molecular flexibility index (Phi) is 7.39. The molecule has 0 spiro atoms. The van der Waals surface area contributed by atoms with Crippen LogP contribution in [0.5, 0.6) is 0 Å². The van der Waals surface area contributed by atoms with Gasteiger partial charge in [-0.3, -0.25) is 14.2 Å². The van der Waals surface area contributed by atoms with Crippen molar-refractivity contribution in [2.75, 3.05) is 6.54 Å². The summed E-state index contributed by atoms with van der Waals surface area (Å²) >= 11 is 3.11. The Hall–Kier alpha value is -3.62. The number of hydrogen-bond acceptors (Lipinski definition) is 6. The van der Waals surface area contributed by atoms with E-state index in [1.807, 2.05) is 67.6 Å². The molecular formula is C31H29N3O3S2. The minimum absolute atomic E-state index is 0.00544. The average Bonchev–Trinajstić information content (AvgIpc) is 3.58. The molecule has 0 radical (unpaired) electrons. The highest BCUT2D eigenvalue weighted by Gasteiger charge is 2.23. The lowest BCUT2D eigenvalue weighted by atomic mass is 9.97. The number of aryl methyl sites for hydroxylation is 3. The normalized spacial score (nSPS) is 12.9. The molecule has 1 N–H and O–H groups in total. The van der Waals surface area contributed by atoms with E-state index in [4.69, 9.17) is 9.40 Å². The second-order valence-electron chi connectivity index (χ2n) is 9.76. The lowest BCUT2D eigenvalue weighted by Crippen LogP contribution is -2.25. The minimum atomic E-state index is -0.234. The fourth-order valence-electron chi connectivity index (χ4n) is 5.08. The van der Waals surface area contributed by atoms with Gasteiger partial charge in [0.15, 0.2) is 10.9 Å². The van der Waals surface area contributed by atoms with Gasteiger partial charge in [-0.2, -0.15) is 0 Å². The smallest absolute Gasteiger partial charge is 0.287 e. The molecule has 6 rings (SSSR count). The summed E-state index contributed by atoms with van der Waals surface area (Å²) in [5, 5.41) is 4.33. The van der Waals surface area contributed by atoms with Crippen molar-refractivity contribution in [1.29, 1.82) is 0 Å². The molecule has 0 atom stereocenters. The van der Waals surface area contributed by atoms with E-state index in [0.29, 0.717) is 23.2 Å². The SMILES string of the molecule is Cc1ccccc1-n1c(SCc2ccc(C(=O)NCCc3ccccc3)o2)nc2sc3c(c2c1=O)CCCC3. The van der Waals surface area contributed by atoms with E-state index in [1.54, 1.807) is 22.0 Å². The molecule has 1 aliphatic rings. The quantitative estimate of drug-likeness (QED) is 0.175. The lowest BCUT2D eigenvalue weighted by Gasteiger charge is -2.15. The molecular weight excluding hydrogens is 526 g/mol. The molecule has 6 nitrogen and oxygen atoms in total.